The van der Waals surface area contributed by atoms with E-state index in [1.165, 1.54) is 6.92 Å². The molecule has 3 N–H and O–H groups in total. The molecule has 0 aliphatic carbocycles. The molecule has 2 atom stereocenters. The number of rotatable bonds is 7. The van der Waals surface area contributed by atoms with Gasteiger partial charge in [-0.1, -0.05) is 42.5 Å². The van der Waals surface area contributed by atoms with Crippen molar-refractivity contribution in [1.82, 2.24) is 10.6 Å². The molecule has 3 amide bonds. The first kappa shape index (κ1) is 26.2. The van der Waals surface area contributed by atoms with Crippen LogP contribution in [0.25, 0.3) is 6.08 Å². The minimum Gasteiger partial charge on any atom is -1.00 e. The Labute approximate surface area is 210 Å². The van der Waals surface area contributed by atoms with Crippen LogP contribution >= 0.6 is 0 Å². The summed E-state index contributed by atoms with van der Waals surface area (Å²) in [5.41, 5.74) is 3.59. The SMILES string of the molecule is C[C@H](NC(=O)OCc1ccccc1)C(=O)N[C@@H](C)C(=O)Nc1ccc2c(c1)C=CCN2C.[I-]. The van der Waals surface area contributed by atoms with E-state index in [4.69, 9.17) is 4.74 Å². The van der Waals surface area contributed by atoms with E-state index >= 15 is 0 Å². The number of fused-ring (bicyclic) bond motifs is 1. The summed E-state index contributed by atoms with van der Waals surface area (Å²) < 4.78 is 5.12. The summed E-state index contributed by atoms with van der Waals surface area (Å²) in [5, 5.41) is 7.88. The predicted molar refractivity (Wildman–Crippen MR) is 124 cm³/mol. The van der Waals surface area contributed by atoms with Gasteiger partial charge in [0, 0.05) is 25.0 Å². The van der Waals surface area contributed by atoms with Gasteiger partial charge < -0.3 is 49.6 Å². The first-order chi connectivity index (χ1) is 15.3. The molecule has 2 aromatic rings. The molecule has 0 bridgehead atoms. The van der Waals surface area contributed by atoms with Crippen molar-refractivity contribution in [2.75, 3.05) is 23.8 Å². The van der Waals surface area contributed by atoms with Gasteiger partial charge in [0.15, 0.2) is 0 Å². The van der Waals surface area contributed by atoms with Crippen molar-refractivity contribution in [2.45, 2.75) is 32.5 Å². The number of carbonyl (C=O) groups is 3. The average Bonchev–Trinajstić information content (AvgIpc) is 2.78. The van der Waals surface area contributed by atoms with E-state index in [1.807, 2.05) is 61.7 Å². The van der Waals surface area contributed by atoms with Crippen LogP contribution in [-0.2, 0) is 20.9 Å². The summed E-state index contributed by atoms with van der Waals surface area (Å²) in [6, 6.07) is 13.2. The minimum absolute atomic E-state index is 0. The lowest BCUT2D eigenvalue weighted by Crippen LogP contribution is -3.00. The van der Waals surface area contributed by atoms with Gasteiger partial charge in [0.05, 0.1) is 0 Å². The van der Waals surface area contributed by atoms with E-state index < -0.39 is 24.1 Å². The fourth-order valence-electron chi connectivity index (χ4n) is 3.21. The zero-order valence-corrected chi connectivity index (χ0v) is 21.0. The highest BCUT2D eigenvalue weighted by molar-refractivity contribution is 5.98. The zero-order valence-electron chi connectivity index (χ0n) is 18.8. The summed E-state index contributed by atoms with van der Waals surface area (Å²) in [4.78, 5) is 38.9. The number of nitrogens with zero attached hydrogens (tertiary/aromatic N) is 1. The Bertz CT molecular complexity index is 1010. The van der Waals surface area contributed by atoms with Crippen molar-refractivity contribution >= 4 is 35.4 Å². The van der Waals surface area contributed by atoms with Gasteiger partial charge in [0.2, 0.25) is 11.8 Å². The van der Waals surface area contributed by atoms with E-state index in [0.717, 1.165) is 23.4 Å². The van der Waals surface area contributed by atoms with Crippen molar-refractivity contribution in [1.29, 1.82) is 0 Å². The Kier molecular flexibility index (Phi) is 9.71. The number of ether oxygens (including phenoxy) is 1. The summed E-state index contributed by atoms with van der Waals surface area (Å²) in [6.07, 6.45) is 3.36. The Hall–Kier alpha value is -3.08. The van der Waals surface area contributed by atoms with Crippen molar-refractivity contribution in [3.8, 4) is 0 Å². The van der Waals surface area contributed by atoms with Crippen LogP contribution in [0.5, 0.6) is 0 Å². The van der Waals surface area contributed by atoms with Gasteiger partial charge in [-0.3, -0.25) is 9.59 Å². The number of likely N-dealkylation sites (N-methyl/N-ethyl adjacent to an activating group) is 1. The van der Waals surface area contributed by atoms with Gasteiger partial charge in [0.1, 0.15) is 18.7 Å². The molecule has 0 spiro atoms. The van der Waals surface area contributed by atoms with Crippen LogP contribution in [0.3, 0.4) is 0 Å². The van der Waals surface area contributed by atoms with E-state index in [-0.39, 0.29) is 36.5 Å². The molecule has 0 unspecified atom stereocenters. The van der Waals surface area contributed by atoms with Crippen LogP contribution in [-0.4, -0.2) is 43.6 Å². The summed E-state index contributed by atoms with van der Waals surface area (Å²) in [6.45, 7) is 4.05. The molecule has 0 aromatic heterocycles. The second kappa shape index (κ2) is 12.2. The molecule has 0 fully saturated rings. The molecule has 9 heteroatoms. The molecule has 1 heterocycles. The molecule has 176 valence electrons. The largest absolute Gasteiger partial charge is 1.00 e. The Morgan fingerprint density at radius 3 is 2.42 bits per heavy atom. The smallest absolute Gasteiger partial charge is 0.408 e. The maximum absolute atomic E-state index is 12.5. The number of benzene rings is 2. The lowest BCUT2D eigenvalue weighted by Gasteiger charge is -2.24. The monoisotopic (exact) mass is 563 g/mol. The molecule has 3 rings (SSSR count). The number of amides is 3. The van der Waals surface area contributed by atoms with Crippen LogP contribution in [0.4, 0.5) is 16.2 Å². The third-order valence-corrected chi connectivity index (χ3v) is 5.08. The van der Waals surface area contributed by atoms with Gasteiger partial charge in [-0.25, -0.2) is 4.79 Å². The first-order valence-electron chi connectivity index (χ1n) is 10.4. The molecule has 0 radical (unpaired) electrons. The van der Waals surface area contributed by atoms with Crippen molar-refractivity contribution < 1.29 is 43.1 Å². The van der Waals surface area contributed by atoms with E-state index in [1.54, 1.807) is 6.92 Å². The highest BCUT2D eigenvalue weighted by Crippen LogP contribution is 2.27. The summed E-state index contributed by atoms with van der Waals surface area (Å²) >= 11 is 0. The fraction of sp³-hybridized carbons (Fsp3) is 0.292. The molecule has 1 aliphatic rings. The third kappa shape index (κ3) is 7.48. The molecule has 1 aliphatic heterocycles. The highest BCUT2D eigenvalue weighted by atomic mass is 127. The summed E-state index contributed by atoms with van der Waals surface area (Å²) in [5.74, 6) is -0.843. The molecule has 0 saturated heterocycles. The second-order valence-corrected chi connectivity index (χ2v) is 7.70. The zero-order chi connectivity index (χ0) is 23.1. The van der Waals surface area contributed by atoms with Crippen LogP contribution in [0, 0.1) is 0 Å². The lowest BCUT2D eigenvalue weighted by molar-refractivity contribution is -0.127. The summed E-state index contributed by atoms with van der Waals surface area (Å²) in [7, 11) is 2.00. The predicted octanol–water partition coefficient (Wildman–Crippen LogP) is -0.0883. The van der Waals surface area contributed by atoms with E-state index in [0.29, 0.717) is 5.69 Å². The topological polar surface area (TPSA) is 99.8 Å². The van der Waals surface area contributed by atoms with Crippen molar-refractivity contribution in [3.05, 3.63) is 65.7 Å². The number of nitrogens with one attached hydrogen (secondary N) is 3. The number of alkyl carbamates (subject to hydrolysis) is 1. The third-order valence-electron chi connectivity index (χ3n) is 5.08. The number of halogens is 1. The van der Waals surface area contributed by atoms with Gasteiger partial charge in [-0.05, 0) is 43.2 Å². The molecule has 8 nitrogen and oxygen atoms in total. The van der Waals surface area contributed by atoms with Crippen LogP contribution in [0.2, 0.25) is 0 Å². The van der Waals surface area contributed by atoms with Gasteiger partial charge in [0.25, 0.3) is 0 Å². The number of hydrogen-bond acceptors (Lipinski definition) is 5. The molecular formula is C24H28IN4O4-. The second-order valence-electron chi connectivity index (χ2n) is 7.70. The number of anilines is 2. The van der Waals surface area contributed by atoms with E-state index in [9.17, 15) is 14.4 Å². The minimum atomic E-state index is -0.863. The maximum atomic E-state index is 12.5. The van der Waals surface area contributed by atoms with Gasteiger partial charge in [-0.15, -0.1) is 0 Å². The van der Waals surface area contributed by atoms with Crippen LogP contribution < -0.4 is 44.8 Å². The maximum Gasteiger partial charge on any atom is 0.408 e. The Morgan fingerprint density at radius 1 is 1.00 bits per heavy atom. The molecule has 2 aromatic carbocycles. The molecular weight excluding hydrogens is 535 g/mol. The van der Waals surface area contributed by atoms with Crippen LogP contribution in [0.15, 0.2) is 54.6 Å². The Morgan fingerprint density at radius 2 is 1.70 bits per heavy atom. The van der Waals surface area contributed by atoms with Gasteiger partial charge in [-0.2, -0.15) is 0 Å². The Balaban J connectivity index is 0.00000385. The van der Waals surface area contributed by atoms with E-state index in [2.05, 4.69) is 26.9 Å². The number of carbonyl (C=O) groups excluding carboxylic acids is 3. The quantitative estimate of drug-likeness (QED) is 0.410. The first-order valence-corrected chi connectivity index (χ1v) is 10.4. The lowest BCUT2D eigenvalue weighted by atomic mass is 10.1. The fourth-order valence-corrected chi connectivity index (χ4v) is 3.21. The highest BCUT2D eigenvalue weighted by Gasteiger charge is 2.22. The average molecular weight is 563 g/mol. The number of hydrogen-bond donors (Lipinski definition) is 3. The normalized spacial score (nSPS) is 13.6. The van der Waals surface area contributed by atoms with Crippen LogP contribution in [0.1, 0.15) is 25.0 Å². The van der Waals surface area contributed by atoms with Crippen molar-refractivity contribution in [2.24, 2.45) is 0 Å². The van der Waals surface area contributed by atoms with Crippen molar-refractivity contribution in [3.63, 3.8) is 0 Å². The molecule has 33 heavy (non-hydrogen) atoms. The molecule has 0 saturated carbocycles. The standard InChI is InChI=1S/C24H28N4O4.HI/c1-16(23(30)27-20-11-12-21-19(14-20)10-7-13-28(21)3)25-22(29)17(2)26-24(31)32-15-18-8-5-4-6-9-18;/h4-12,14,16-17H,13,15H2,1-3H3,(H,25,29)(H,26,31)(H,27,30);1H/p-1/t16-,17-;/m0./s1. The van der Waals surface area contributed by atoms with Gasteiger partial charge >= 0.3 is 6.09 Å².